The average molecular weight is 273 g/mol. The van der Waals surface area contributed by atoms with Crippen molar-refractivity contribution >= 4 is 15.1 Å². The third-order valence-electron chi connectivity index (χ3n) is 3.11. The molecule has 0 aromatic carbocycles. The van der Waals surface area contributed by atoms with Gasteiger partial charge in [0.25, 0.3) is 0 Å². The molecule has 7 nitrogen and oxygen atoms in total. The van der Waals surface area contributed by atoms with Crippen molar-refractivity contribution < 1.29 is 14.9 Å². The van der Waals surface area contributed by atoms with Gasteiger partial charge in [-0.25, -0.2) is 4.79 Å². The summed E-state index contributed by atoms with van der Waals surface area (Å²) in [5.41, 5.74) is 4.86. The van der Waals surface area contributed by atoms with E-state index in [9.17, 15) is 9.90 Å². The minimum atomic E-state index is -0.901. The number of nitrogen functional groups attached to an aromatic ring is 1. The van der Waals surface area contributed by atoms with Crippen LogP contribution in [0.25, 0.3) is 0 Å². The van der Waals surface area contributed by atoms with Gasteiger partial charge < -0.3 is 20.7 Å². The molecule has 0 saturated carbocycles. The molecule has 1 fully saturated rings. The van der Waals surface area contributed by atoms with Gasteiger partial charge >= 0.3 is 5.69 Å². The highest BCUT2D eigenvalue weighted by atomic mass is 31.0. The zero-order chi connectivity index (χ0) is 13.5. The molecular weight excluding hydrogens is 257 g/mol. The Balaban J connectivity index is 2.42. The smallest absolute Gasteiger partial charge is 0.351 e. The maximum atomic E-state index is 11.8. The van der Waals surface area contributed by atoms with Crippen LogP contribution in [0.2, 0.25) is 0 Å². The van der Waals surface area contributed by atoms with E-state index in [-0.39, 0.29) is 12.4 Å². The van der Waals surface area contributed by atoms with Crippen molar-refractivity contribution in [2.75, 3.05) is 12.3 Å². The molecule has 4 N–H and O–H groups in total. The standard InChI is InChI=1S/C10H16N3O4P/c1-10(18)7(15)5(4-14)17-8(10)13-3-2-6(11)12-9(13)16/h2-3,5,7-8,14-15H,4,18H2,1H3,(H2,11,12,16)/t5-,7?,8-,10-/m1/s1. The Morgan fingerprint density at radius 2 is 2.39 bits per heavy atom. The van der Waals surface area contributed by atoms with Gasteiger partial charge in [-0.1, -0.05) is 0 Å². The Labute approximate surface area is 106 Å². The molecule has 0 bridgehead atoms. The molecule has 2 unspecified atom stereocenters. The number of ether oxygens (including phenoxy) is 1. The first-order chi connectivity index (χ1) is 8.37. The predicted molar refractivity (Wildman–Crippen MR) is 68.0 cm³/mol. The molecule has 100 valence electrons. The fourth-order valence-corrected chi connectivity index (χ4v) is 2.50. The van der Waals surface area contributed by atoms with Gasteiger partial charge in [-0.2, -0.15) is 4.98 Å². The summed E-state index contributed by atoms with van der Waals surface area (Å²) >= 11 is 0. The van der Waals surface area contributed by atoms with Gasteiger partial charge in [0.2, 0.25) is 0 Å². The molecule has 2 rings (SSSR count). The molecule has 0 radical (unpaired) electrons. The molecule has 8 heteroatoms. The van der Waals surface area contributed by atoms with Crippen molar-refractivity contribution in [3.63, 3.8) is 0 Å². The molecule has 0 amide bonds. The van der Waals surface area contributed by atoms with Crippen molar-refractivity contribution in [2.45, 2.75) is 30.5 Å². The van der Waals surface area contributed by atoms with Crippen LogP contribution in [0.3, 0.4) is 0 Å². The quantitative estimate of drug-likeness (QED) is 0.578. The summed E-state index contributed by atoms with van der Waals surface area (Å²) < 4.78 is 6.76. The molecule has 18 heavy (non-hydrogen) atoms. The number of anilines is 1. The lowest BCUT2D eigenvalue weighted by atomic mass is 10.0. The molecule has 5 atom stereocenters. The monoisotopic (exact) mass is 273 g/mol. The second-order valence-corrected chi connectivity index (χ2v) is 5.81. The van der Waals surface area contributed by atoms with Gasteiger partial charge in [0.05, 0.1) is 17.9 Å². The lowest BCUT2D eigenvalue weighted by molar-refractivity contribution is -0.0468. The minimum absolute atomic E-state index is 0.124. The number of nitrogens with two attached hydrogens (primary N) is 1. The minimum Gasteiger partial charge on any atom is -0.394 e. The molecule has 2 heterocycles. The van der Waals surface area contributed by atoms with Crippen molar-refractivity contribution in [3.8, 4) is 0 Å². The largest absolute Gasteiger partial charge is 0.394 e. The second-order valence-electron chi connectivity index (χ2n) is 4.56. The molecule has 1 aliphatic heterocycles. The number of hydrogen-bond donors (Lipinski definition) is 3. The van der Waals surface area contributed by atoms with E-state index >= 15 is 0 Å². The predicted octanol–water partition coefficient (Wildman–Crippen LogP) is -1.29. The fourth-order valence-electron chi connectivity index (χ4n) is 2.05. The van der Waals surface area contributed by atoms with Gasteiger partial charge in [-0.05, 0) is 13.0 Å². The van der Waals surface area contributed by atoms with Gasteiger partial charge in [0, 0.05) is 6.20 Å². The number of aliphatic hydroxyl groups is 2. The van der Waals surface area contributed by atoms with E-state index in [4.69, 9.17) is 15.6 Å². The maximum absolute atomic E-state index is 11.8. The Morgan fingerprint density at radius 1 is 1.72 bits per heavy atom. The molecule has 1 aliphatic rings. The highest BCUT2D eigenvalue weighted by Gasteiger charge is 2.51. The highest BCUT2D eigenvalue weighted by Crippen LogP contribution is 2.43. The molecule has 1 aromatic heterocycles. The maximum Gasteiger partial charge on any atom is 0.351 e. The van der Waals surface area contributed by atoms with Crippen LogP contribution in [-0.4, -0.2) is 43.7 Å². The Morgan fingerprint density at radius 3 is 2.89 bits per heavy atom. The Kier molecular flexibility index (Phi) is 3.42. The zero-order valence-electron chi connectivity index (χ0n) is 9.85. The van der Waals surface area contributed by atoms with Crippen molar-refractivity contribution in [1.29, 1.82) is 0 Å². The first-order valence-electron chi connectivity index (χ1n) is 5.46. The van der Waals surface area contributed by atoms with Gasteiger partial charge in [0.15, 0.2) is 0 Å². The Hall–Kier alpha value is -1.01. The summed E-state index contributed by atoms with van der Waals surface area (Å²) in [6.45, 7) is 1.41. The van der Waals surface area contributed by atoms with Crippen LogP contribution < -0.4 is 11.4 Å². The molecule has 0 spiro atoms. The summed E-state index contributed by atoms with van der Waals surface area (Å²) in [6, 6.07) is 1.48. The zero-order valence-corrected chi connectivity index (χ0v) is 11.0. The van der Waals surface area contributed by atoms with E-state index in [2.05, 4.69) is 14.2 Å². The van der Waals surface area contributed by atoms with E-state index in [1.807, 2.05) is 0 Å². The van der Waals surface area contributed by atoms with Crippen LogP contribution >= 0.6 is 9.24 Å². The fraction of sp³-hybridized carbons (Fsp3) is 0.600. The highest BCUT2D eigenvalue weighted by molar-refractivity contribution is 7.19. The van der Waals surface area contributed by atoms with E-state index in [0.29, 0.717) is 0 Å². The topological polar surface area (TPSA) is 111 Å². The SMILES string of the molecule is C[C@@]1(P)C(O)[C@@H](CO)O[C@H]1n1ccc(N)nc1=O. The summed E-state index contributed by atoms with van der Waals surface area (Å²) in [5, 5.41) is 18.4. The third kappa shape index (κ3) is 2.03. The van der Waals surface area contributed by atoms with Crippen LogP contribution in [-0.2, 0) is 4.74 Å². The summed E-state index contributed by atoms with van der Waals surface area (Å²) in [7, 11) is 2.46. The normalized spacial score (nSPS) is 35.9. The summed E-state index contributed by atoms with van der Waals surface area (Å²) in [5.74, 6) is 0.124. The van der Waals surface area contributed by atoms with E-state index in [0.717, 1.165) is 0 Å². The third-order valence-corrected chi connectivity index (χ3v) is 3.74. The van der Waals surface area contributed by atoms with Crippen molar-refractivity contribution in [3.05, 3.63) is 22.7 Å². The number of rotatable bonds is 2. The van der Waals surface area contributed by atoms with Crippen LogP contribution in [0.4, 0.5) is 5.82 Å². The van der Waals surface area contributed by atoms with E-state index in [1.165, 1.54) is 16.8 Å². The number of aliphatic hydroxyl groups excluding tert-OH is 2. The summed E-state index contributed by atoms with van der Waals surface area (Å²) in [4.78, 5) is 15.4. The van der Waals surface area contributed by atoms with Gasteiger partial charge in [0.1, 0.15) is 18.1 Å². The molecule has 1 saturated heterocycles. The van der Waals surface area contributed by atoms with Gasteiger partial charge in [-0.15, -0.1) is 9.24 Å². The first kappa shape index (κ1) is 13.4. The van der Waals surface area contributed by atoms with Crippen LogP contribution in [0.15, 0.2) is 17.1 Å². The molecular formula is C10H16N3O4P. The molecule has 1 aromatic rings. The molecule has 0 aliphatic carbocycles. The first-order valence-corrected chi connectivity index (χ1v) is 6.03. The second kappa shape index (κ2) is 4.59. The van der Waals surface area contributed by atoms with Crippen LogP contribution in [0, 0.1) is 0 Å². The summed E-state index contributed by atoms with van der Waals surface area (Å²) in [6.07, 6.45) is -0.899. The Bertz CT molecular complexity index is 504. The van der Waals surface area contributed by atoms with E-state index in [1.54, 1.807) is 6.92 Å². The van der Waals surface area contributed by atoms with E-state index < -0.39 is 29.3 Å². The van der Waals surface area contributed by atoms with Crippen LogP contribution in [0.5, 0.6) is 0 Å². The number of aromatic nitrogens is 2. The number of nitrogens with zero attached hydrogens (tertiary/aromatic N) is 2. The lowest BCUT2D eigenvalue weighted by Gasteiger charge is -2.28. The average Bonchev–Trinajstić information content (AvgIpc) is 2.52. The van der Waals surface area contributed by atoms with Crippen LogP contribution in [0.1, 0.15) is 13.2 Å². The van der Waals surface area contributed by atoms with Crippen molar-refractivity contribution in [1.82, 2.24) is 9.55 Å². The van der Waals surface area contributed by atoms with Gasteiger partial charge in [-0.3, -0.25) is 4.57 Å². The van der Waals surface area contributed by atoms with Crippen molar-refractivity contribution in [2.24, 2.45) is 0 Å². The lowest BCUT2D eigenvalue weighted by Crippen LogP contribution is -2.41. The number of hydrogen-bond acceptors (Lipinski definition) is 6.